The summed E-state index contributed by atoms with van der Waals surface area (Å²) in [6.45, 7) is 4.44. The van der Waals surface area contributed by atoms with E-state index < -0.39 is 5.97 Å². The van der Waals surface area contributed by atoms with E-state index in [-0.39, 0.29) is 19.0 Å². The highest BCUT2D eigenvalue weighted by molar-refractivity contribution is 6.32. The maximum atomic E-state index is 12.2. The first-order chi connectivity index (χ1) is 15.4. The minimum atomic E-state index is -0.434. The number of benzene rings is 3. The second-order valence-electron chi connectivity index (χ2n) is 7.38. The molecule has 0 aliphatic carbocycles. The van der Waals surface area contributed by atoms with Crippen molar-refractivity contribution >= 4 is 23.5 Å². The second-order valence-corrected chi connectivity index (χ2v) is 7.76. The Bertz CT molecular complexity index is 1040. The SMILES string of the molecule is Cc1cc(OCCCC(=O)Oc2ccc(C(=O)OCc3ccccc3)cc2)cc(C)c1Cl. The summed E-state index contributed by atoms with van der Waals surface area (Å²) in [5.41, 5.74) is 3.21. The highest BCUT2D eigenvalue weighted by Crippen LogP contribution is 2.26. The third-order valence-corrected chi connectivity index (χ3v) is 5.33. The van der Waals surface area contributed by atoms with Crippen LogP contribution >= 0.6 is 11.6 Å². The number of rotatable bonds is 9. The number of aryl methyl sites for hydroxylation is 2. The number of carbonyl (C=O) groups is 2. The molecule has 0 aliphatic rings. The monoisotopic (exact) mass is 452 g/mol. The van der Waals surface area contributed by atoms with Gasteiger partial charge in [0.1, 0.15) is 18.1 Å². The first kappa shape index (κ1) is 23.4. The van der Waals surface area contributed by atoms with Crippen molar-refractivity contribution in [3.63, 3.8) is 0 Å². The molecule has 0 saturated heterocycles. The van der Waals surface area contributed by atoms with Crippen LogP contribution in [0.4, 0.5) is 0 Å². The lowest BCUT2D eigenvalue weighted by Crippen LogP contribution is -2.10. The maximum absolute atomic E-state index is 12.2. The van der Waals surface area contributed by atoms with Gasteiger partial charge in [0, 0.05) is 11.4 Å². The van der Waals surface area contributed by atoms with Gasteiger partial charge in [0.25, 0.3) is 0 Å². The molecule has 0 radical (unpaired) electrons. The number of ether oxygens (including phenoxy) is 3. The molecule has 0 amide bonds. The van der Waals surface area contributed by atoms with E-state index >= 15 is 0 Å². The van der Waals surface area contributed by atoms with Crippen molar-refractivity contribution in [2.45, 2.75) is 33.3 Å². The van der Waals surface area contributed by atoms with Gasteiger partial charge in [0.05, 0.1) is 12.2 Å². The fraction of sp³-hybridized carbons (Fsp3) is 0.231. The zero-order chi connectivity index (χ0) is 22.9. The summed E-state index contributed by atoms with van der Waals surface area (Å²) in [5, 5.41) is 0.733. The molecule has 166 valence electrons. The molecule has 0 bridgehead atoms. The van der Waals surface area contributed by atoms with Gasteiger partial charge in [-0.2, -0.15) is 0 Å². The molecule has 0 heterocycles. The normalized spacial score (nSPS) is 10.5. The van der Waals surface area contributed by atoms with Gasteiger partial charge in [-0.05, 0) is 73.4 Å². The zero-order valence-corrected chi connectivity index (χ0v) is 18.9. The van der Waals surface area contributed by atoms with E-state index in [4.69, 9.17) is 25.8 Å². The molecule has 0 saturated carbocycles. The van der Waals surface area contributed by atoms with Crippen LogP contribution in [-0.2, 0) is 16.1 Å². The summed E-state index contributed by atoms with van der Waals surface area (Å²) in [5.74, 6) is 0.306. The Kier molecular flexibility index (Phi) is 8.28. The van der Waals surface area contributed by atoms with E-state index in [0.29, 0.717) is 24.3 Å². The zero-order valence-electron chi connectivity index (χ0n) is 18.1. The van der Waals surface area contributed by atoms with Gasteiger partial charge in [-0.15, -0.1) is 0 Å². The third kappa shape index (κ3) is 6.86. The van der Waals surface area contributed by atoms with Crippen molar-refractivity contribution < 1.29 is 23.8 Å². The van der Waals surface area contributed by atoms with Crippen LogP contribution in [0.5, 0.6) is 11.5 Å². The van der Waals surface area contributed by atoms with Crippen LogP contribution in [0.3, 0.4) is 0 Å². The van der Waals surface area contributed by atoms with E-state index in [0.717, 1.165) is 27.5 Å². The van der Waals surface area contributed by atoms with Crippen molar-refractivity contribution in [1.82, 2.24) is 0 Å². The van der Waals surface area contributed by atoms with Crippen LogP contribution in [0.1, 0.15) is 39.9 Å². The smallest absolute Gasteiger partial charge is 0.338 e. The fourth-order valence-electron chi connectivity index (χ4n) is 3.04. The summed E-state index contributed by atoms with van der Waals surface area (Å²) in [4.78, 5) is 24.2. The highest BCUT2D eigenvalue weighted by Gasteiger charge is 2.10. The molecule has 0 spiro atoms. The molecule has 3 aromatic carbocycles. The van der Waals surface area contributed by atoms with Crippen LogP contribution < -0.4 is 9.47 Å². The van der Waals surface area contributed by atoms with Crippen molar-refractivity contribution in [2.75, 3.05) is 6.61 Å². The summed E-state index contributed by atoms with van der Waals surface area (Å²) in [6.07, 6.45) is 0.732. The molecule has 3 rings (SSSR count). The molecule has 32 heavy (non-hydrogen) atoms. The Labute approximate surface area is 192 Å². The number of hydrogen-bond donors (Lipinski definition) is 0. The Morgan fingerprint density at radius 3 is 2.19 bits per heavy atom. The standard InChI is InChI=1S/C26H25ClO5/c1-18-15-23(16-19(2)25(18)27)30-14-6-9-24(28)32-22-12-10-21(11-13-22)26(29)31-17-20-7-4-3-5-8-20/h3-5,7-8,10-13,15-16H,6,9,14,17H2,1-2H3. The second kappa shape index (κ2) is 11.3. The van der Waals surface area contributed by atoms with Gasteiger partial charge < -0.3 is 14.2 Å². The van der Waals surface area contributed by atoms with E-state index in [1.165, 1.54) is 0 Å². The number of esters is 2. The van der Waals surface area contributed by atoms with Crippen molar-refractivity contribution in [3.05, 3.63) is 94.0 Å². The van der Waals surface area contributed by atoms with E-state index in [1.807, 2.05) is 56.3 Å². The Hall–Kier alpha value is -3.31. The maximum Gasteiger partial charge on any atom is 0.338 e. The molecule has 0 aromatic heterocycles. The van der Waals surface area contributed by atoms with Crippen LogP contribution in [-0.4, -0.2) is 18.5 Å². The highest BCUT2D eigenvalue weighted by atomic mass is 35.5. The first-order valence-electron chi connectivity index (χ1n) is 10.3. The lowest BCUT2D eigenvalue weighted by Gasteiger charge is -2.10. The Balaban J connectivity index is 1.40. The molecule has 0 aliphatic heterocycles. The first-order valence-corrected chi connectivity index (χ1v) is 10.7. The average molecular weight is 453 g/mol. The predicted molar refractivity (Wildman–Crippen MR) is 123 cm³/mol. The Morgan fingerprint density at radius 2 is 1.53 bits per heavy atom. The molecule has 6 heteroatoms. The molecular weight excluding hydrogens is 428 g/mol. The summed E-state index contributed by atoms with van der Waals surface area (Å²) in [7, 11) is 0. The summed E-state index contributed by atoms with van der Waals surface area (Å²) < 4.78 is 16.3. The summed E-state index contributed by atoms with van der Waals surface area (Å²) >= 11 is 6.16. The molecule has 3 aromatic rings. The number of carbonyl (C=O) groups excluding carboxylic acids is 2. The van der Waals surface area contributed by atoms with Gasteiger partial charge in [-0.1, -0.05) is 41.9 Å². The van der Waals surface area contributed by atoms with Gasteiger partial charge in [-0.3, -0.25) is 4.79 Å². The minimum Gasteiger partial charge on any atom is -0.494 e. The van der Waals surface area contributed by atoms with E-state index in [2.05, 4.69) is 0 Å². The number of hydrogen-bond acceptors (Lipinski definition) is 5. The fourth-order valence-corrected chi connectivity index (χ4v) is 3.15. The van der Waals surface area contributed by atoms with E-state index in [9.17, 15) is 9.59 Å². The predicted octanol–water partition coefficient (Wildman–Crippen LogP) is 6.08. The van der Waals surface area contributed by atoms with Gasteiger partial charge in [0.2, 0.25) is 0 Å². The lowest BCUT2D eigenvalue weighted by atomic mass is 10.1. The van der Waals surface area contributed by atoms with Gasteiger partial charge >= 0.3 is 11.9 Å². The average Bonchev–Trinajstić information content (AvgIpc) is 2.80. The molecular formula is C26H25ClO5. The van der Waals surface area contributed by atoms with Crippen molar-refractivity contribution in [3.8, 4) is 11.5 Å². The molecule has 0 fully saturated rings. The van der Waals surface area contributed by atoms with Crippen LogP contribution in [0.25, 0.3) is 0 Å². The molecule has 0 unspecified atom stereocenters. The van der Waals surface area contributed by atoms with Crippen molar-refractivity contribution in [1.29, 1.82) is 0 Å². The topological polar surface area (TPSA) is 61.8 Å². The van der Waals surface area contributed by atoms with Crippen LogP contribution in [0, 0.1) is 13.8 Å². The van der Waals surface area contributed by atoms with Gasteiger partial charge in [0.15, 0.2) is 0 Å². The van der Waals surface area contributed by atoms with E-state index in [1.54, 1.807) is 24.3 Å². The lowest BCUT2D eigenvalue weighted by molar-refractivity contribution is -0.134. The summed E-state index contributed by atoms with van der Waals surface area (Å²) in [6, 6.07) is 19.5. The molecule has 5 nitrogen and oxygen atoms in total. The molecule has 0 N–H and O–H groups in total. The Morgan fingerprint density at radius 1 is 0.875 bits per heavy atom. The molecule has 0 atom stereocenters. The van der Waals surface area contributed by atoms with Crippen LogP contribution in [0.2, 0.25) is 5.02 Å². The van der Waals surface area contributed by atoms with Crippen molar-refractivity contribution in [2.24, 2.45) is 0 Å². The minimum absolute atomic E-state index is 0.202. The quantitative estimate of drug-likeness (QED) is 0.224. The largest absolute Gasteiger partial charge is 0.494 e. The third-order valence-electron chi connectivity index (χ3n) is 4.74. The van der Waals surface area contributed by atoms with Gasteiger partial charge in [-0.25, -0.2) is 4.79 Å². The number of halogens is 1. The van der Waals surface area contributed by atoms with Crippen LogP contribution in [0.15, 0.2) is 66.7 Å².